The molecule has 0 radical (unpaired) electrons. The second-order valence-electron chi connectivity index (χ2n) is 4.84. The third-order valence-corrected chi connectivity index (χ3v) is 13.8. The molecule has 2 nitrogen and oxygen atoms in total. The molecule has 0 saturated heterocycles. The quantitative estimate of drug-likeness (QED) is 0.417. The van der Waals surface area contributed by atoms with Gasteiger partial charge >= 0.3 is 5.97 Å². The molecule has 23 heavy (non-hydrogen) atoms. The minimum Gasteiger partial charge on any atom is -0.481 e. The van der Waals surface area contributed by atoms with Gasteiger partial charge in [0.2, 0.25) is 0 Å². The van der Waals surface area contributed by atoms with Gasteiger partial charge in [-0.3, -0.25) is 4.79 Å². The van der Waals surface area contributed by atoms with Crippen LogP contribution in [-0.4, -0.2) is 11.1 Å². The van der Waals surface area contributed by atoms with Crippen molar-refractivity contribution in [3.8, 4) is 0 Å². The molecule has 0 aliphatic heterocycles. The lowest BCUT2D eigenvalue weighted by molar-refractivity contribution is -0.147. The fourth-order valence-electron chi connectivity index (χ4n) is 1.36. The zero-order valence-electron chi connectivity index (χ0n) is 13.1. The van der Waals surface area contributed by atoms with E-state index in [0.29, 0.717) is 0 Å². The molecule has 0 atom stereocenters. The standard InChI is InChI=1S/C12H22O2.S8.H2S/c1-4-5-6-7-8-9-10-12(2,3)11(13)14;1-3-5-7-8-6-4-2;/h4H,1,5-10H2,2-3H3,(H,13,14);;1H2. The van der Waals surface area contributed by atoms with Crippen LogP contribution in [0.25, 0.3) is 0 Å². The number of hydrogen-bond donors (Lipinski definition) is 1. The molecule has 0 aromatic carbocycles. The van der Waals surface area contributed by atoms with Gasteiger partial charge in [0.25, 0.3) is 0 Å². The monoisotopic (exact) mass is 488 g/mol. The summed E-state index contributed by atoms with van der Waals surface area (Å²) in [6.07, 6.45) is 8.28. The lowest BCUT2D eigenvalue weighted by Gasteiger charge is -2.18. The first-order valence-corrected chi connectivity index (χ1v) is 15.8. The van der Waals surface area contributed by atoms with E-state index in [2.05, 4.69) is 29.0 Å². The minimum atomic E-state index is -0.691. The second-order valence-corrected chi connectivity index (χ2v) is 15.5. The van der Waals surface area contributed by atoms with Gasteiger partial charge in [-0.1, -0.05) is 25.3 Å². The van der Waals surface area contributed by atoms with Gasteiger partial charge in [0.1, 0.15) is 0 Å². The smallest absolute Gasteiger partial charge is 0.309 e. The highest BCUT2D eigenvalue weighted by Gasteiger charge is 2.25. The number of carboxylic acid groups (broad SMARTS) is 1. The van der Waals surface area contributed by atoms with E-state index in [0.717, 1.165) is 25.7 Å². The zero-order chi connectivity index (χ0) is 17.3. The van der Waals surface area contributed by atoms with E-state index in [1.165, 1.54) is 30.6 Å². The molecule has 0 saturated carbocycles. The van der Waals surface area contributed by atoms with Crippen molar-refractivity contribution in [3.63, 3.8) is 0 Å². The van der Waals surface area contributed by atoms with Crippen LogP contribution in [-0.2, 0) is 80.5 Å². The van der Waals surface area contributed by atoms with Crippen molar-refractivity contribution in [1.82, 2.24) is 0 Å². The zero-order valence-corrected chi connectivity index (χ0v) is 20.7. The summed E-state index contributed by atoms with van der Waals surface area (Å²) in [5.74, 6) is -0.691. The topological polar surface area (TPSA) is 37.3 Å². The third kappa shape index (κ3) is 23.3. The highest BCUT2D eigenvalue weighted by atomic mass is 33.4. The van der Waals surface area contributed by atoms with Crippen LogP contribution in [0, 0.1) is 5.41 Å². The van der Waals surface area contributed by atoms with Gasteiger partial charge in [0.05, 0.1) is 5.41 Å². The predicted molar refractivity (Wildman–Crippen MR) is 129 cm³/mol. The van der Waals surface area contributed by atoms with Crippen LogP contribution in [0.4, 0.5) is 0 Å². The van der Waals surface area contributed by atoms with Gasteiger partial charge in [-0.15, -0.1) is 6.58 Å². The van der Waals surface area contributed by atoms with Crippen molar-refractivity contribution in [2.45, 2.75) is 52.4 Å². The van der Waals surface area contributed by atoms with E-state index in [9.17, 15) is 4.79 Å². The molecule has 1 N–H and O–H groups in total. The first-order valence-electron chi connectivity index (χ1n) is 6.51. The van der Waals surface area contributed by atoms with Gasteiger partial charge in [0.15, 0.2) is 0 Å². The number of hydrogen-bond acceptors (Lipinski definition) is 3. The molecular weight excluding hydrogens is 465 g/mol. The summed E-state index contributed by atoms with van der Waals surface area (Å²) in [6.45, 7) is 7.24. The van der Waals surface area contributed by atoms with Crippen molar-refractivity contribution in [2.75, 3.05) is 0 Å². The number of carboxylic acids is 1. The summed E-state index contributed by atoms with van der Waals surface area (Å²) >= 11 is 9.21. The highest BCUT2D eigenvalue weighted by molar-refractivity contribution is 8.70. The van der Waals surface area contributed by atoms with Gasteiger partial charge in [0, 0.05) is 75.7 Å². The number of carbonyl (C=O) groups is 1. The van der Waals surface area contributed by atoms with Gasteiger partial charge in [-0.2, -0.15) is 13.5 Å². The molecule has 0 fully saturated rings. The molecule has 0 rings (SSSR count). The maximum atomic E-state index is 10.8. The first kappa shape index (κ1) is 29.1. The van der Waals surface area contributed by atoms with Crippen molar-refractivity contribution in [2.24, 2.45) is 5.41 Å². The summed E-state index contributed by atoms with van der Waals surface area (Å²) in [7, 11) is 9.12. The Kier molecular flexibility index (Phi) is 27.0. The SMILES string of the molecule is C=CCCCCCCC(C)(C)C(=O)O.S.S=S=S=S=S=S=S=S. The first-order chi connectivity index (χ1) is 10.4. The van der Waals surface area contributed by atoms with Crippen LogP contribution in [0.3, 0.4) is 0 Å². The fourth-order valence-corrected chi connectivity index (χ4v) is 12.3. The molecule has 0 spiro atoms. The Morgan fingerprint density at radius 2 is 1.52 bits per heavy atom. The molecule has 0 aromatic heterocycles. The number of aliphatic carboxylic acids is 1. The summed E-state index contributed by atoms with van der Waals surface area (Å²) in [5, 5.41) is 8.87. The van der Waals surface area contributed by atoms with Crippen molar-refractivity contribution < 1.29 is 9.90 Å². The summed E-state index contributed by atoms with van der Waals surface area (Å²) in [4.78, 5) is 10.8. The Morgan fingerprint density at radius 3 is 1.91 bits per heavy atom. The fraction of sp³-hybridized carbons (Fsp3) is 0.750. The summed E-state index contributed by atoms with van der Waals surface area (Å²) in [6, 6.07) is 0. The minimum absolute atomic E-state index is 0. The second kappa shape index (κ2) is 21.4. The predicted octanol–water partition coefficient (Wildman–Crippen LogP) is 3.72. The number of rotatable bonds is 8. The molecule has 0 aromatic rings. The van der Waals surface area contributed by atoms with Crippen molar-refractivity contribution in [1.29, 1.82) is 0 Å². The van der Waals surface area contributed by atoms with Crippen LogP contribution < -0.4 is 0 Å². The van der Waals surface area contributed by atoms with Crippen molar-refractivity contribution in [3.05, 3.63) is 12.7 Å². The van der Waals surface area contributed by atoms with Crippen LogP contribution >= 0.6 is 13.5 Å². The van der Waals surface area contributed by atoms with E-state index in [-0.39, 0.29) is 13.5 Å². The molecule has 11 heteroatoms. The van der Waals surface area contributed by atoms with Gasteiger partial charge in [-0.05, 0) is 33.1 Å². The van der Waals surface area contributed by atoms with Crippen LogP contribution in [0.1, 0.15) is 52.4 Å². The normalized spacial score (nSPS) is 9.13. The van der Waals surface area contributed by atoms with Crippen LogP contribution in [0.15, 0.2) is 12.7 Å². The average molecular weight is 489 g/mol. The highest BCUT2D eigenvalue weighted by Crippen LogP contribution is 2.24. The van der Waals surface area contributed by atoms with E-state index < -0.39 is 11.4 Å². The van der Waals surface area contributed by atoms with Crippen LogP contribution in [0.5, 0.6) is 0 Å². The van der Waals surface area contributed by atoms with E-state index in [1.807, 2.05) is 6.08 Å². The summed E-state index contributed by atoms with van der Waals surface area (Å²) in [5.41, 5.74) is -0.557. The molecule has 0 aliphatic carbocycles. The lowest BCUT2D eigenvalue weighted by Crippen LogP contribution is -2.23. The molecule has 0 bridgehead atoms. The largest absolute Gasteiger partial charge is 0.481 e. The molecule has 0 heterocycles. The van der Waals surface area contributed by atoms with Gasteiger partial charge < -0.3 is 5.11 Å². The van der Waals surface area contributed by atoms with E-state index in [4.69, 9.17) is 5.11 Å². The molecule has 0 unspecified atom stereocenters. The number of allylic oxidation sites excluding steroid dienone is 1. The Balaban J connectivity index is -0.000000382. The Hall–Kier alpha value is 1.32. The molecule has 0 aliphatic rings. The van der Waals surface area contributed by atoms with Gasteiger partial charge in [-0.25, -0.2) is 0 Å². The Morgan fingerprint density at radius 1 is 1.04 bits per heavy atom. The van der Waals surface area contributed by atoms with Crippen molar-refractivity contribution >= 4 is 95.1 Å². The summed E-state index contributed by atoms with van der Waals surface area (Å²) < 4.78 is 0. The Labute approximate surface area is 173 Å². The third-order valence-electron chi connectivity index (χ3n) is 2.68. The van der Waals surface area contributed by atoms with Crippen LogP contribution in [0.2, 0.25) is 0 Å². The molecule has 138 valence electrons. The Bertz CT molecular complexity index is 535. The average Bonchev–Trinajstić information content (AvgIpc) is 2.48. The number of unbranched alkanes of at least 4 members (excludes halogenated alkanes) is 4. The van der Waals surface area contributed by atoms with E-state index in [1.54, 1.807) is 49.4 Å². The maximum absolute atomic E-state index is 10.8. The lowest BCUT2D eigenvalue weighted by atomic mass is 9.87. The molecular formula is C12H24O2S9. The maximum Gasteiger partial charge on any atom is 0.309 e. The van der Waals surface area contributed by atoms with E-state index >= 15 is 0 Å². The molecule has 0 amide bonds.